The summed E-state index contributed by atoms with van der Waals surface area (Å²) >= 11 is 18.5. The fourth-order valence-corrected chi connectivity index (χ4v) is 2.98. The molecule has 0 N–H and O–H groups in total. The van der Waals surface area contributed by atoms with Crippen molar-refractivity contribution in [3.8, 4) is 11.5 Å². The number of aryl methyl sites for hydroxylation is 1. The van der Waals surface area contributed by atoms with Gasteiger partial charge in [-0.2, -0.15) is 0 Å². The van der Waals surface area contributed by atoms with Crippen LogP contribution in [-0.4, -0.2) is 0 Å². The van der Waals surface area contributed by atoms with Crippen LogP contribution >= 0.6 is 34.8 Å². The molecule has 2 rings (SSSR count). The van der Waals surface area contributed by atoms with Crippen LogP contribution in [0.4, 0.5) is 0 Å². The van der Waals surface area contributed by atoms with Crippen LogP contribution in [0.15, 0.2) is 30.3 Å². The quantitative estimate of drug-likeness (QED) is 0.545. The largest absolute Gasteiger partial charge is 0.455 e. The summed E-state index contributed by atoms with van der Waals surface area (Å²) in [6, 6.07) is 9.46. The Morgan fingerprint density at radius 3 is 2.43 bits per heavy atom. The van der Waals surface area contributed by atoms with Crippen LogP contribution in [0.1, 0.15) is 36.5 Å². The van der Waals surface area contributed by atoms with Crippen molar-refractivity contribution >= 4 is 34.8 Å². The Morgan fingerprint density at radius 2 is 1.81 bits per heavy atom. The molecule has 0 heterocycles. The van der Waals surface area contributed by atoms with E-state index < -0.39 is 0 Å². The van der Waals surface area contributed by atoms with E-state index in [1.165, 1.54) is 0 Å². The number of benzene rings is 2. The van der Waals surface area contributed by atoms with Crippen molar-refractivity contribution in [3.05, 3.63) is 57.1 Å². The first-order chi connectivity index (χ1) is 9.93. The lowest BCUT2D eigenvalue weighted by molar-refractivity contribution is 0.474. The minimum absolute atomic E-state index is 0.319. The molecular weight excluding hydrogens is 327 g/mol. The molecule has 0 radical (unpaired) electrons. The first-order valence-electron chi connectivity index (χ1n) is 6.75. The summed E-state index contributed by atoms with van der Waals surface area (Å²) in [5, 5.41) is 1.31. The van der Waals surface area contributed by atoms with Gasteiger partial charge in [-0.15, -0.1) is 11.6 Å². The summed E-state index contributed by atoms with van der Waals surface area (Å²) in [6.45, 7) is 6.16. The molecule has 0 saturated heterocycles. The van der Waals surface area contributed by atoms with Gasteiger partial charge in [0.2, 0.25) is 0 Å². The highest BCUT2D eigenvalue weighted by molar-refractivity contribution is 6.32. The van der Waals surface area contributed by atoms with E-state index in [4.69, 9.17) is 39.5 Å². The molecule has 0 bridgehead atoms. The highest BCUT2D eigenvalue weighted by Crippen LogP contribution is 2.38. The predicted molar refractivity (Wildman–Crippen MR) is 91.4 cm³/mol. The molecule has 0 aliphatic heterocycles. The molecule has 0 amide bonds. The fourth-order valence-electron chi connectivity index (χ4n) is 2.10. The molecular formula is C17H17Cl3O. The molecule has 0 aliphatic rings. The average Bonchev–Trinajstić information content (AvgIpc) is 2.43. The Labute approximate surface area is 140 Å². The standard InChI is InChI=1S/C17H17Cl3O/c1-10(2)13-8-16(11(3)7-15(13)20)21-17-12(9-18)5-4-6-14(17)19/h4-8,10H,9H2,1-3H3. The van der Waals surface area contributed by atoms with Crippen LogP contribution in [-0.2, 0) is 5.88 Å². The van der Waals surface area contributed by atoms with E-state index in [0.29, 0.717) is 22.6 Å². The van der Waals surface area contributed by atoms with Gasteiger partial charge in [-0.3, -0.25) is 0 Å². The second kappa shape index (κ2) is 6.91. The third kappa shape index (κ3) is 3.66. The van der Waals surface area contributed by atoms with Gasteiger partial charge in [0.25, 0.3) is 0 Å². The smallest absolute Gasteiger partial charge is 0.150 e. The molecule has 0 atom stereocenters. The third-order valence-corrected chi connectivity index (χ3v) is 4.23. The lowest BCUT2D eigenvalue weighted by Crippen LogP contribution is -1.96. The Hall–Kier alpha value is -0.890. The highest BCUT2D eigenvalue weighted by Gasteiger charge is 2.14. The van der Waals surface area contributed by atoms with Crippen molar-refractivity contribution in [2.45, 2.75) is 32.6 Å². The van der Waals surface area contributed by atoms with Crippen LogP contribution in [0.2, 0.25) is 10.0 Å². The van der Waals surface area contributed by atoms with Crippen molar-refractivity contribution in [2.75, 3.05) is 0 Å². The SMILES string of the molecule is Cc1cc(Cl)c(C(C)C)cc1Oc1c(Cl)cccc1CCl. The maximum Gasteiger partial charge on any atom is 0.150 e. The molecule has 4 heteroatoms. The summed E-state index contributed by atoms with van der Waals surface area (Å²) in [5.41, 5.74) is 2.88. The number of hydrogen-bond donors (Lipinski definition) is 0. The minimum Gasteiger partial charge on any atom is -0.455 e. The molecule has 2 aromatic rings. The lowest BCUT2D eigenvalue weighted by Gasteiger charge is -2.16. The average molecular weight is 344 g/mol. The first-order valence-corrected chi connectivity index (χ1v) is 8.04. The van der Waals surface area contributed by atoms with Gasteiger partial charge in [0.15, 0.2) is 0 Å². The van der Waals surface area contributed by atoms with Crippen molar-refractivity contribution in [1.29, 1.82) is 0 Å². The van der Waals surface area contributed by atoms with Gasteiger partial charge in [0.05, 0.1) is 10.9 Å². The maximum atomic E-state index is 6.29. The normalized spacial score (nSPS) is 11.0. The Kier molecular flexibility index (Phi) is 5.43. The first kappa shape index (κ1) is 16.5. The Morgan fingerprint density at radius 1 is 1.10 bits per heavy atom. The van der Waals surface area contributed by atoms with E-state index >= 15 is 0 Å². The topological polar surface area (TPSA) is 9.23 Å². The van der Waals surface area contributed by atoms with Gasteiger partial charge in [-0.25, -0.2) is 0 Å². The van der Waals surface area contributed by atoms with E-state index in [0.717, 1.165) is 27.5 Å². The minimum atomic E-state index is 0.319. The van der Waals surface area contributed by atoms with Crippen molar-refractivity contribution in [3.63, 3.8) is 0 Å². The van der Waals surface area contributed by atoms with E-state index in [2.05, 4.69) is 13.8 Å². The summed E-state index contributed by atoms with van der Waals surface area (Å²) < 4.78 is 6.03. The molecule has 0 spiro atoms. The van der Waals surface area contributed by atoms with Crippen molar-refractivity contribution in [2.24, 2.45) is 0 Å². The zero-order valence-corrected chi connectivity index (χ0v) is 14.5. The molecule has 0 fully saturated rings. The molecule has 1 nitrogen and oxygen atoms in total. The van der Waals surface area contributed by atoms with Gasteiger partial charge < -0.3 is 4.74 Å². The summed E-state index contributed by atoms with van der Waals surface area (Å²) in [6.07, 6.45) is 0. The highest BCUT2D eigenvalue weighted by atomic mass is 35.5. The van der Waals surface area contributed by atoms with Crippen LogP contribution < -0.4 is 4.74 Å². The monoisotopic (exact) mass is 342 g/mol. The number of alkyl halides is 1. The van der Waals surface area contributed by atoms with Gasteiger partial charge in [-0.05, 0) is 42.2 Å². The molecule has 112 valence electrons. The zero-order valence-electron chi connectivity index (χ0n) is 12.2. The zero-order chi connectivity index (χ0) is 15.6. The van der Waals surface area contributed by atoms with Crippen molar-refractivity contribution in [1.82, 2.24) is 0 Å². The second-order valence-corrected chi connectivity index (χ2v) is 6.34. The summed E-state index contributed by atoms with van der Waals surface area (Å²) in [7, 11) is 0. The van der Waals surface area contributed by atoms with Gasteiger partial charge in [0, 0.05) is 10.6 Å². The van der Waals surface area contributed by atoms with E-state index in [9.17, 15) is 0 Å². The van der Waals surface area contributed by atoms with E-state index in [1.54, 1.807) is 6.07 Å². The van der Waals surface area contributed by atoms with Gasteiger partial charge in [-0.1, -0.05) is 49.2 Å². The van der Waals surface area contributed by atoms with Crippen molar-refractivity contribution < 1.29 is 4.74 Å². The fraction of sp³-hybridized carbons (Fsp3) is 0.294. The molecule has 0 saturated carbocycles. The third-order valence-electron chi connectivity index (χ3n) is 3.32. The number of ether oxygens (including phenoxy) is 1. The summed E-state index contributed by atoms with van der Waals surface area (Å²) in [5.74, 6) is 2.02. The Balaban J connectivity index is 2.47. The van der Waals surface area contributed by atoms with Gasteiger partial charge in [0.1, 0.15) is 11.5 Å². The van der Waals surface area contributed by atoms with Crippen LogP contribution in [0.25, 0.3) is 0 Å². The molecule has 21 heavy (non-hydrogen) atoms. The number of halogens is 3. The molecule has 0 aromatic heterocycles. The van der Waals surface area contributed by atoms with Crippen LogP contribution in [0.5, 0.6) is 11.5 Å². The molecule has 2 aromatic carbocycles. The maximum absolute atomic E-state index is 6.29. The van der Waals surface area contributed by atoms with Gasteiger partial charge >= 0.3 is 0 Å². The number of para-hydroxylation sites is 1. The lowest BCUT2D eigenvalue weighted by atomic mass is 10.0. The van der Waals surface area contributed by atoms with Crippen LogP contribution in [0, 0.1) is 6.92 Å². The second-order valence-electron chi connectivity index (χ2n) is 5.26. The van der Waals surface area contributed by atoms with Crippen LogP contribution in [0.3, 0.4) is 0 Å². The number of hydrogen-bond acceptors (Lipinski definition) is 1. The van der Waals surface area contributed by atoms with E-state index in [1.807, 2.05) is 31.2 Å². The molecule has 0 unspecified atom stereocenters. The molecule has 0 aliphatic carbocycles. The summed E-state index contributed by atoms with van der Waals surface area (Å²) in [4.78, 5) is 0. The number of rotatable bonds is 4. The Bertz CT molecular complexity index is 651. The van der Waals surface area contributed by atoms with E-state index in [-0.39, 0.29) is 0 Å². The predicted octanol–water partition coefficient (Wildman–Crippen LogP) is 6.96.